The SMILES string of the molecule is N#Cc1cc(CN2C[C@H]3CNC[C@H]3C2)ccc1F. The van der Waals surface area contributed by atoms with Gasteiger partial charge < -0.3 is 5.32 Å². The van der Waals surface area contributed by atoms with Gasteiger partial charge in [-0.2, -0.15) is 5.26 Å². The summed E-state index contributed by atoms with van der Waals surface area (Å²) in [5, 5.41) is 12.2. The second kappa shape index (κ2) is 4.68. The first kappa shape index (κ1) is 11.6. The van der Waals surface area contributed by atoms with Gasteiger partial charge in [-0.1, -0.05) is 6.07 Å². The molecule has 0 spiro atoms. The Morgan fingerprint density at radius 2 is 2.06 bits per heavy atom. The van der Waals surface area contributed by atoms with Crippen molar-refractivity contribution < 1.29 is 4.39 Å². The van der Waals surface area contributed by atoms with E-state index in [0.717, 1.165) is 50.1 Å². The third-order valence-electron chi connectivity index (χ3n) is 4.02. The molecule has 4 heteroatoms. The average molecular weight is 245 g/mol. The first-order chi connectivity index (χ1) is 8.76. The van der Waals surface area contributed by atoms with Gasteiger partial charge in [-0.25, -0.2) is 4.39 Å². The van der Waals surface area contributed by atoms with Gasteiger partial charge in [0.25, 0.3) is 0 Å². The summed E-state index contributed by atoms with van der Waals surface area (Å²) < 4.78 is 13.2. The van der Waals surface area contributed by atoms with Crippen molar-refractivity contribution in [1.29, 1.82) is 5.26 Å². The number of hydrogen-bond acceptors (Lipinski definition) is 3. The van der Waals surface area contributed by atoms with Crippen LogP contribution in [0.2, 0.25) is 0 Å². The molecular formula is C14H16FN3. The lowest BCUT2D eigenvalue weighted by molar-refractivity contribution is 0.305. The minimum Gasteiger partial charge on any atom is -0.316 e. The minimum atomic E-state index is -0.427. The quantitative estimate of drug-likeness (QED) is 0.855. The molecule has 0 aromatic heterocycles. The molecule has 18 heavy (non-hydrogen) atoms. The fraction of sp³-hybridized carbons (Fsp3) is 0.500. The summed E-state index contributed by atoms with van der Waals surface area (Å²) in [7, 11) is 0. The number of hydrogen-bond donors (Lipinski definition) is 1. The van der Waals surface area contributed by atoms with Crippen LogP contribution in [0, 0.1) is 29.0 Å². The lowest BCUT2D eigenvalue weighted by Crippen LogP contribution is -2.25. The third kappa shape index (κ3) is 2.12. The molecule has 3 rings (SSSR count). The zero-order valence-corrected chi connectivity index (χ0v) is 10.2. The van der Waals surface area contributed by atoms with Crippen LogP contribution in [0.1, 0.15) is 11.1 Å². The first-order valence-electron chi connectivity index (χ1n) is 6.38. The molecule has 1 N–H and O–H groups in total. The molecular weight excluding hydrogens is 229 g/mol. The predicted molar refractivity (Wildman–Crippen MR) is 66.2 cm³/mol. The van der Waals surface area contributed by atoms with E-state index >= 15 is 0 Å². The topological polar surface area (TPSA) is 39.1 Å². The van der Waals surface area contributed by atoms with Crippen molar-refractivity contribution in [3.05, 3.63) is 35.1 Å². The van der Waals surface area contributed by atoms with E-state index in [4.69, 9.17) is 5.26 Å². The minimum absolute atomic E-state index is 0.147. The molecule has 2 aliphatic rings. The molecule has 94 valence electrons. The van der Waals surface area contributed by atoms with E-state index in [2.05, 4.69) is 10.2 Å². The first-order valence-corrected chi connectivity index (χ1v) is 6.38. The summed E-state index contributed by atoms with van der Waals surface area (Å²) in [4.78, 5) is 2.41. The van der Waals surface area contributed by atoms with Crippen LogP contribution in [-0.4, -0.2) is 31.1 Å². The van der Waals surface area contributed by atoms with E-state index in [9.17, 15) is 4.39 Å². The van der Waals surface area contributed by atoms with E-state index in [1.54, 1.807) is 12.1 Å². The van der Waals surface area contributed by atoms with Crippen molar-refractivity contribution in [2.75, 3.05) is 26.2 Å². The number of nitriles is 1. The zero-order valence-electron chi connectivity index (χ0n) is 10.2. The van der Waals surface area contributed by atoms with Crippen LogP contribution in [0.15, 0.2) is 18.2 Å². The van der Waals surface area contributed by atoms with Crippen LogP contribution in [0.5, 0.6) is 0 Å². The van der Waals surface area contributed by atoms with Gasteiger partial charge in [0.05, 0.1) is 5.56 Å². The number of nitrogens with one attached hydrogen (secondary N) is 1. The van der Waals surface area contributed by atoms with Crippen LogP contribution in [-0.2, 0) is 6.54 Å². The van der Waals surface area contributed by atoms with E-state index < -0.39 is 5.82 Å². The van der Waals surface area contributed by atoms with Gasteiger partial charge in [-0.3, -0.25) is 4.90 Å². The highest BCUT2D eigenvalue weighted by Crippen LogP contribution is 2.27. The second-order valence-electron chi connectivity index (χ2n) is 5.30. The number of rotatable bonds is 2. The van der Waals surface area contributed by atoms with Gasteiger partial charge in [0.15, 0.2) is 0 Å². The summed E-state index contributed by atoms with van der Waals surface area (Å²) in [6, 6.07) is 6.74. The average Bonchev–Trinajstić information content (AvgIpc) is 2.92. The molecule has 2 heterocycles. The standard InChI is InChI=1S/C14H16FN3/c15-14-2-1-10(3-11(14)4-16)7-18-8-12-5-17-6-13(12)9-18/h1-3,12-13,17H,5-9H2/t12-,13+. The highest BCUT2D eigenvalue weighted by molar-refractivity contribution is 5.34. The zero-order chi connectivity index (χ0) is 12.5. The monoisotopic (exact) mass is 245 g/mol. The normalized spacial score (nSPS) is 27.1. The summed E-state index contributed by atoms with van der Waals surface area (Å²) in [6.45, 7) is 5.28. The molecule has 3 nitrogen and oxygen atoms in total. The summed E-state index contributed by atoms with van der Waals surface area (Å²) in [6.07, 6.45) is 0. The van der Waals surface area contributed by atoms with E-state index in [1.807, 2.05) is 6.07 Å². The maximum absolute atomic E-state index is 13.2. The van der Waals surface area contributed by atoms with Crippen molar-refractivity contribution in [1.82, 2.24) is 10.2 Å². The highest BCUT2D eigenvalue weighted by atomic mass is 19.1. The van der Waals surface area contributed by atoms with E-state index in [0.29, 0.717) is 0 Å². The number of nitrogens with zero attached hydrogens (tertiary/aromatic N) is 2. The number of halogens is 1. The van der Waals surface area contributed by atoms with Gasteiger partial charge in [-0.15, -0.1) is 0 Å². The van der Waals surface area contributed by atoms with Gasteiger partial charge in [0, 0.05) is 19.6 Å². The lowest BCUT2D eigenvalue weighted by atomic mass is 10.0. The molecule has 1 aromatic rings. The van der Waals surface area contributed by atoms with Gasteiger partial charge in [0.2, 0.25) is 0 Å². The summed E-state index contributed by atoms with van der Waals surface area (Å²) in [5.74, 6) is 1.10. The van der Waals surface area contributed by atoms with Crippen LogP contribution in [0.4, 0.5) is 4.39 Å². The van der Waals surface area contributed by atoms with Gasteiger partial charge in [-0.05, 0) is 42.6 Å². The Labute approximate surface area is 106 Å². The van der Waals surface area contributed by atoms with Crippen molar-refractivity contribution in [2.45, 2.75) is 6.54 Å². The van der Waals surface area contributed by atoms with Crippen molar-refractivity contribution in [3.8, 4) is 6.07 Å². The van der Waals surface area contributed by atoms with Crippen molar-refractivity contribution in [3.63, 3.8) is 0 Å². The Kier molecular flexibility index (Phi) is 3.02. The Morgan fingerprint density at radius 3 is 2.72 bits per heavy atom. The summed E-state index contributed by atoms with van der Waals surface area (Å²) in [5.41, 5.74) is 1.18. The fourth-order valence-corrected chi connectivity index (χ4v) is 3.10. The molecule has 0 aliphatic carbocycles. The molecule has 2 atom stereocenters. The van der Waals surface area contributed by atoms with Gasteiger partial charge in [0.1, 0.15) is 11.9 Å². The Balaban J connectivity index is 1.69. The lowest BCUT2D eigenvalue weighted by Gasteiger charge is -2.17. The third-order valence-corrected chi connectivity index (χ3v) is 4.02. The summed E-state index contributed by atoms with van der Waals surface area (Å²) >= 11 is 0. The molecule has 0 unspecified atom stereocenters. The number of fused-ring (bicyclic) bond motifs is 1. The van der Waals surface area contributed by atoms with Crippen LogP contribution >= 0.6 is 0 Å². The molecule has 2 aliphatic heterocycles. The Morgan fingerprint density at radius 1 is 1.33 bits per heavy atom. The second-order valence-corrected chi connectivity index (χ2v) is 5.30. The molecule has 0 saturated carbocycles. The van der Waals surface area contributed by atoms with Crippen molar-refractivity contribution in [2.24, 2.45) is 11.8 Å². The molecule has 2 saturated heterocycles. The Bertz CT molecular complexity index is 482. The molecule has 0 amide bonds. The number of benzene rings is 1. The largest absolute Gasteiger partial charge is 0.316 e. The maximum Gasteiger partial charge on any atom is 0.140 e. The van der Waals surface area contributed by atoms with E-state index in [1.165, 1.54) is 6.07 Å². The van der Waals surface area contributed by atoms with Crippen LogP contribution in [0.3, 0.4) is 0 Å². The fourth-order valence-electron chi connectivity index (χ4n) is 3.10. The predicted octanol–water partition coefficient (Wildman–Crippen LogP) is 1.35. The molecule has 0 bridgehead atoms. The highest BCUT2D eigenvalue weighted by Gasteiger charge is 2.35. The van der Waals surface area contributed by atoms with Gasteiger partial charge >= 0.3 is 0 Å². The molecule has 1 aromatic carbocycles. The maximum atomic E-state index is 13.2. The molecule has 2 fully saturated rings. The van der Waals surface area contributed by atoms with Crippen LogP contribution in [0.25, 0.3) is 0 Å². The van der Waals surface area contributed by atoms with Crippen molar-refractivity contribution >= 4 is 0 Å². The Hall–Kier alpha value is -1.44. The number of likely N-dealkylation sites (tertiary alicyclic amines) is 1. The smallest absolute Gasteiger partial charge is 0.140 e. The molecule has 0 radical (unpaired) electrons. The van der Waals surface area contributed by atoms with E-state index in [-0.39, 0.29) is 5.56 Å². The van der Waals surface area contributed by atoms with Crippen LogP contribution < -0.4 is 5.32 Å².